The fourth-order valence-corrected chi connectivity index (χ4v) is 2.46. The van der Waals surface area contributed by atoms with Crippen molar-refractivity contribution in [1.29, 1.82) is 0 Å². The molecule has 0 spiro atoms. The molecule has 2 fully saturated rings. The van der Waals surface area contributed by atoms with Gasteiger partial charge in [-0.1, -0.05) is 65.7 Å². The Labute approximate surface area is 84.1 Å². The van der Waals surface area contributed by atoms with E-state index in [-0.39, 0.29) is 0 Å². The molecule has 2 aliphatic rings. The summed E-state index contributed by atoms with van der Waals surface area (Å²) in [5, 5.41) is 0. The summed E-state index contributed by atoms with van der Waals surface area (Å²) in [6.45, 7) is 7.06. The van der Waals surface area contributed by atoms with Gasteiger partial charge in [-0.3, -0.25) is 0 Å². The van der Waals surface area contributed by atoms with Gasteiger partial charge in [-0.05, 0) is 17.8 Å². The molecule has 0 N–H and O–H groups in total. The van der Waals surface area contributed by atoms with Crippen molar-refractivity contribution in [3.63, 3.8) is 0 Å². The molecular weight excluding hydrogens is 156 g/mol. The number of hydrogen-bond acceptors (Lipinski definition) is 0. The minimum Gasteiger partial charge on any atom is -0.0625 e. The maximum absolute atomic E-state index is 2.36. The third-order valence-electron chi connectivity index (χ3n) is 3.93. The smallest absolute Gasteiger partial charge is 0.0417 e. The van der Waals surface area contributed by atoms with Crippen LogP contribution in [0.5, 0.6) is 0 Å². The van der Waals surface area contributed by atoms with Crippen molar-refractivity contribution >= 4 is 0 Å². The Bertz CT molecular complexity index is 114. The first-order valence-corrected chi connectivity index (χ1v) is 6.20. The van der Waals surface area contributed by atoms with Gasteiger partial charge in [0, 0.05) is 0 Å². The highest BCUT2D eigenvalue weighted by Gasteiger charge is 2.17. The third kappa shape index (κ3) is 4.15. The van der Waals surface area contributed by atoms with Crippen molar-refractivity contribution in [3.8, 4) is 0 Å². The molecular formula is C13H26. The molecule has 2 unspecified atom stereocenters. The van der Waals surface area contributed by atoms with E-state index in [2.05, 4.69) is 20.8 Å². The van der Waals surface area contributed by atoms with Gasteiger partial charge in [-0.2, -0.15) is 0 Å². The van der Waals surface area contributed by atoms with E-state index in [4.69, 9.17) is 0 Å². The molecule has 0 aromatic heterocycles. The second-order valence-corrected chi connectivity index (χ2v) is 5.28. The van der Waals surface area contributed by atoms with Crippen molar-refractivity contribution in [2.45, 2.75) is 65.7 Å². The van der Waals surface area contributed by atoms with E-state index in [1.54, 1.807) is 0 Å². The molecule has 0 radical (unpaired) electrons. The largest absolute Gasteiger partial charge is 0.0625 e. The van der Waals surface area contributed by atoms with Gasteiger partial charge in [-0.25, -0.2) is 0 Å². The first kappa shape index (κ1) is 11.1. The summed E-state index contributed by atoms with van der Waals surface area (Å²) in [4.78, 5) is 0. The minimum absolute atomic E-state index is 1.01. The van der Waals surface area contributed by atoms with Gasteiger partial charge >= 0.3 is 0 Å². The Morgan fingerprint density at radius 1 is 0.615 bits per heavy atom. The van der Waals surface area contributed by atoms with Crippen LogP contribution >= 0.6 is 0 Å². The molecule has 0 aromatic carbocycles. The molecule has 0 aromatic rings. The fraction of sp³-hybridized carbons (Fsp3) is 1.00. The Morgan fingerprint density at radius 3 is 1.23 bits per heavy atom. The molecule has 13 heavy (non-hydrogen) atoms. The summed E-state index contributed by atoms with van der Waals surface area (Å²) in [7, 11) is 0. The zero-order chi connectivity index (χ0) is 9.68. The van der Waals surface area contributed by atoms with Gasteiger partial charge in [0.25, 0.3) is 0 Å². The number of rotatable bonds is 0. The standard InChI is InChI=1S/C7H14.C6H12/c1-6-4-3-5-7(6)2;1-6-4-2-3-5-6/h6-7H,3-5H2,1-2H3;6H,2-5H2,1H3. The Hall–Kier alpha value is 0. The van der Waals surface area contributed by atoms with Crippen molar-refractivity contribution in [2.75, 3.05) is 0 Å². The highest BCUT2D eigenvalue weighted by Crippen LogP contribution is 2.29. The molecule has 2 saturated carbocycles. The van der Waals surface area contributed by atoms with E-state index in [0.717, 1.165) is 17.8 Å². The van der Waals surface area contributed by atoms with E-state index >= 15 is 0 Å². The van der Waals surface area contributed by atoms with Gasteiger partial charge in [0.05, 0.1) is 0 Å². The molecule has 2 aliphatic carbocycles. The highest BCUT2D eigenvalue weighted by atomic mass is 14.2. The van der Waals surface area contributed by atoms with Crippen LogP contribution in [0.3, 0.4) is 0 Å². The molecule has 0 heterocycles. The van der Waals surface area contributed by atoms with E-state index in [0.29, 0.717) is 0 Å². The molecule has 2 rings (SSSR count). The van der Waals surface area contributed by atoms with Crippen LogP contribution in [0.15, 0.2) is 0 Å². The van der Waals surface area contributed by atoms with E-state index in [1.165, 1.54) is 44.9 Å². The lowest BCUT2D eigenvalue weighted by Gasteiger charge is -2.05. The predicted molar refractivity (Wildman–Crippen MR) is 59.8 cm³/mol. The minimum atomic E-state index is 1.01. The monoisotopic (exact) mass is 182 g/mol. The lowest BCUT2D eigenvalue weighted by atomic mass is 10.0. The first-order valence-electron chi connectivity index (χ1n) is 6.20. The highest BCUT2D eigenvalue weighted by molar-refractivity contribution is 4.69. The zero-order valence-corrected chi connectivity index (χ0v) is 9.68. The normalized spacial score (nSPS) is 34.4. The van der Waals surface area contributed by atoms with Crippen molar-refractivity contribution in [1.82, 2.24) is 0 Å². The van der Waals surface area contributed by atoms with E-state index in [9.17, 15) is 0 Å². The maximum atomic E-state index is 2.36. The molecule has 0 heteroatoms. The van der Waals surface area contributed by atoms with Crippen LogP contribution in [-0.4, -0.2) is 0 Å². The average Bonchev–Trinajstić information content (AvgIpc) is 2.67. The Morgan fingerprint density at radius 2 is 1.08 bits per heavy atom. The van der Waals surface area contributed by atoms with Gasteiger partial charge in [0.15, 0.2) is 0 Å². The van der Waals surface area contributed by atoms with Crippen LogP contribution in [0.25, 0.3) is 0 Å². The molecule has 78 valence electrons. The van der Waals surface area contributed by atoms with E-state index in [1.807, 2.05) is 0 Å². The molecule has 0 amide bonds. The second kappa shape index (κ2) is 5.67. The Kier molecular flexibility index (Phi) is 4.83. The molecule has 0 saturated heterocycles. The molecule has 0 aliphatic heterocycles. The Balaban J connectivity index is 0.000000132. The lowest BCUT2D eigenvalue weighted by molar-refractivity contribution is 0.457. The van der Waals surface area contributed by atoms with Crippen molar-refractivity contribution in [2.24, 2.45) is 17.8 Å². The van der Waals surface area contributed by atoms with Gasteiger partial charge < -0.3 is 0 Å². The van der Waals surface area contributed by atoms with Gasteiger partial charge in [-0.15, -0.1) is 0 Å². The molecule has 0 bridgehead atoms. The van der Waals surface area contributed by atoms with Crippen LogP contribution in [-0.2, 0) is 0 Å². The van der Waals surface area contributed by atoms with E-state index < -0.39 is 0 Å². The average molecular weight is 182 g/mol. The summed E-state index contributed by atoms with van der Waals surface area (Å²) in [5.41, 5.74) is 0. The SMILES string of the molecule is CC1CCCC1.CC1CCCC1C. The van der Waals surface area contributed by atoms with Gasteiger partial charge in [0.2, 0.25) is 0 Å². The summed E-state index contributed by atoms with van der Waals surface area (Å²) in [5.74, 6) is 3.07. The predicted octanol–water partition coefficient (Wildman–Crippen LogP) is 4.64. The van der Waals surface area contributed by atoms with Crippen molar-refractivity contribution in [3.05, 3.63) is 0 Å². The summed E-state index contributed by atoms with van der Waals surface area (Å²) >= 11 is 0. The van der Waals surface area contributed by atoms with Crippen LogP contribution in [0, 0.1) is 17.8 Å². The molecule has 2 atom stereocenters. The topological polar surface area (TPSA) is 0 Å². The van der Waals surface area contributed by atoms with Crippen LogP contribution in [0.1, 0.15) is 65.7 Å². The first-order chi connectivity index (χ1) is 6.20. The second-order valence-electron chi connectivity index (χ2n) is 5.28. The van der Waals surface area contributed by atoms with Crippen molar-refractivity contribution < 1.29 is 0 Å². The maximum Gasteiger partial charge on any atom is -0.0417 e. The lowest BCUT2D eigenvalue weighted by Crippen LogP contribution is -1.95. The third-order valence-corrected chi connectivity index (χ3v) is 3.93. The zero-order valence-electron chi connectivity index (χ0n) is 9.68. The van der Waals surface area contributed by atoms with Crippen LogP contribution in [0.2, 0.25) is 0 Å². The summed E-state index contributed by atoms with van der Waals surface area (Å²) in [6, 6.07) is 0. The van der Waals surface area contributed by atoms with Crippen LogP contribution in [0.4, 0.5) is 0 Å². The van der Waals surface area contributed by atoms with Gasteiger partial charge in [0.1, 0.15) is 0 Å². The summed E-state index contributed by atoms with van der Waals surface area (Å²) in [6.07, 6.45) is 10.4. The summed E-state index contributed by atoms with van der Waals surface area (Å²) < 4.78 is 0. The fourth-order valence-electron chi connectivity index (χ4n) is 2.46. The molecule has 0 nitrogen and oxygen atoms in total. The number of hydrogen-bond donors (Lipinski definition) is 0. The quantitative estimate of drug-likeness (QED) is 0.512. The van der Waals surface area contributed by atoms with Crippen LogP contribution < -0.4 is 0 Å².